The zero-order chi connectivity index (χ0) is 19.8. The fourth-order valence-electron chi connectivity index (χ4n) is 4.08. The quantitative estimate of drug-likeness (QED) is 0.431. The van der Waals surface area contributed by atoms with Gasteiger partial charge in [-0.05, 0) is 30.3 Å². The van der Waals surface area contributed by atoms with Gasteiger partial charge in [0.25, 0.3) is 5.65 Å². The van der Waals surface area contributed by atoms with Crippen molar-refractivity contribution in [2.24, 2.45) is 6.98 Å². The van der Waals surface area contributed by atoms with Crippen molar-refractivity contribution in [2.45, 2.75) is 6.54 Å². The van der Waals surface area contributed by atoms with Crippen molar-refractivity contribution in [1.29, 1.82) is 0 Å². The Morgan fingerprint density at radius 3 is 2.88 bits per heavy atom. The van der Waals surface area contributed by atoms with E-state index in [0.29, 0.717) is 18.0 Å². The first kappa shape index (κ1) is 11.2. The molecule has 0 fully saturated rings. The largest absolute Gasteiger partial charge is 0.274 e. The smallest absolute Gasteiger partial charge is 0.261 e. The molecule has 0 saturated carbocycles. The number of imidazole rings is 1. The lowest BCUT2D eigenvalue weighted by Crippen LogP contribution is -2.31. The maximum Gasteiger partial charge on any atom is 0.274 e. The van der Waals surface area contributed by atoms with Crippen LogP contribution in [0.15, 0.2) is 67.1 Å². The van der Waals surface area contributed by atoms with E-state index in [9.17, 15) is 0 Å². The fraction of sp³-hybridized carbons (Fsp3) is 0.0952. The minimum absolute atomic E-state index is 0.543. The molecule has 4 aromatic heterocycles. The minimum atomic E-state index is -2.36. The lowest BCUT2D eigenvalue weighted by Gasteiger charge is -2.03. The SMILES string of the molecule is [2H]C([2H])([2H])[n+]1c2n(c3c4ccncc4n(-c4ccccc4)c31)Cc1ncccc1-2. The molecule has 5 aromatic rings. The molecule has 0 bridgehead atoms. The summed E-state index contributed by atoms with van der Waals surface area (Å²) in [5.41, 5.74) is 5.05. The Morgan fingerprint density at radius 2 is 2.00 bits per heavy atom. The molecule has 124 valence electrons. The van der Waals surface area contributed by atoms with Crippen molar-refractivity contribution in [3.05, 3.63) is 72.8 Å². The van der Waals surface area contributed by atoms with Gasteiger partial charge in [-0.2, -0.15) is 0 Å². The Kier molecular flexibility index (Phi) is 2.06. The number of pyridine rings is 2. The number of aromatic nitrogens is 5. The number of benzene rings is 1. The molecule has 5 nitrogen and oxygen atoms in total. The van der Waals surface area contributed by atoms with E-state index in [4.69, 9.17) is 4.11 Å². The molecular formula is C21H16N5+. The van der Waals surface area contributed by atoms with Crippen LogP contribution in [0.2, 0.25) is 0 Å². The van der Waals surface area contributed by atoms with Crippen molar-refractivity contribution in [3.63, 3.8) is 0 Å². The van der Waals surface area contributed by atoms with E-state index in [-0.39, 0.29) is 0 Å². The highest BCUT2D eigenvalue weighted by atomic mass is 15.2. The first-order chi connectivity index (χ1) is 14.1. The Hall–Kier alpha value is -3.47. The summed E-state index contributed by atoms with van der Waals surface area (Å²) in [6.07, 6.45) is 5.29. The average Bonchev–Trinajstić information content (AvgIpc) is 3.34. The van der Waals surface area contributed by atoms with E-state index in [1.165, 1.54) is 4.57 Å². The summed E-state index contributed by atoms with van der Waals surface area (Å²) < 4.78 is 30.6. The van der Waals surface area contributed by atoms with Crippen LogP contribution in [0.4, 0.5) is 0 Å². The molecule has 1 aromatic carbocycles. The molecule has 0 unspecified atom stereocenters. The number of para-hydroxylation sites is 1. The molecule has 6 rings (SSSR count). The van der Waals surface area contributed by atoms with E-state index in [2.05, 4.69) is 14.5 Å². The Labute approximate surface area is 154 Å². The molecule has 5 heterocycles. The topological polar surface area (TPSA) is 39.5 Å². The average molecular weight is 341 g/mol. The molecule has 0 amide bonds. The lowest BCUT2D eigenvalue weighted by molar-refractivity contribution is -0.636. The first-order valence-corrected chi connectivity index (χ1v) is 8.48. The third-order valence-electron chi connectivity index (χ3n) is 5.12. The third-order valence-corrected chi connectivity index (χ3v) is 5.12. The highest BCUT2D eigenvalue weighted by Gasteiger charge is 2.35. The monoisotopic (exact) mass is 341 g/mol. The highest BCUT2D eigenvalue weighted by molar-refractivity contribution is 6.05. The van der Waals surface area contributed by atoms with Crippen molar-refractivity contribution in [2.75, 3.05) is 0 Å². The van der Waals surface area contributed by atoms with E-state index < -0.39 is 6.98 Å². The van der Waals surface area contributed by atoms with Gasteiger partial charge in [-0.3, -0.25) is 9.97 Å². The second-order valence-corrected chi connectivity index (χ2v) is 6.48. The predicted molar refractivity (Wildman–Crippen MR) is 100 cm³/mol. The van der Waals surface area contributed by atoms with Crippen molar-refractivity contribution in [1.82, 2.24) is 19.1 Å². The summed E-state index contributed by atoms with van der Waals surface area (Å²) in [7, 11) is 0. The Bertz CT molecular complexity index is 1410. The zero-order valence-corrected chi connectivity index (χ0v) is 13.8. The van der Waals surface area contributed by atoms with Crippen LogP contribution in [-0.2, 0) is 13.5 Å². The molecule has 5 heteroatoms. The van der Waals surface area contributed by atoms with Gasteiger partial charge in [0, 0.05) is 12.4 Å². The van der Waals surface area contributed by atoms with Gasteiger partial charge in [0.2, 0.25) is 5.82 Å². The van der Waals surface area contributed by atoms with E-state index in [1.807, 2.05) is 53.1 Å². The van der Waals surface area contributed by atoms with Crippen LogP contribution in [0.1, 0.15) is 9.81 Å². The van der Waals surface area contributed by atoms with Crippen molar-refractivity contribution < 1.29 is 8.68 Å². The molecule has 0 atom stereocenters. The van der Waals surface area contributed by atoms with Crippen LogP contribution >= 0.6 is 0 Å². The number of hydrogen-bond acceptors (Lipinski definition) is 2. The number of nitrogens with zero attached hydrogens (tertiary/aromatic N) is 5. The molecule has 0 aliphatic carbocycles. The second-order valence-electron chi connectivity index (χ2n) is 6.48. The standard InChI is InChI=1S/C21H16N5/c1-24-20-15-8-5-10-23-17(15)13-25(20)19-16-9-11-22-12-18(16)26(21(19)24)14-6-3-2-4-7-14/h2-12H,13H2,1H3/q+1/i1D3. The Balaban J connectivity index is 1.88. The van der Waals surface area contributed by atoms with Gasteiger partial charge in [0.15, 0.2) is 5.52 Å². The van der Waals surface area contributed by atoms with Crippen molar-refractivity contribution in [3.8, 4) is 17.1 Å². The fourth-order valence-corrected chi connectivity index (χ4v) is 4.08. The lowest BCUT2D eigenvalue weighted by atomic mass is 10.2. The molecule has 0 spiro atoms. The summed E-state index contributed by atoms with van der Waals surface area (Å²) in [6.45, 7) is -1.81. The summed E-state index contributed by atoms with van der Waals surface area (Å²) in [5, 5.41) is 0.968. The molecular weight excluding hydrogens is 322 g/mol. The maximum absolute atomic E-state index is 8.35. The molecule has 0 saturated heterocycles. The summed E-state index contributed by atoms with van der Waals surface area (Å²) in [5.74, 6) is 0.668. The third kappa shape index (κ3) is 1.57. The number of rotatable bonds is 1. The highest BCUT2D eigenvalue weighted by Crippen LogP contribution is 2.37. The zero-order valence-electron chi connectivity index (χ0n) is 16.8. The number of fused-ring (bicyclic) bond motifs is 7. The van der Waals surface area contributed by atoms with Gasteiger partial charge >= 0.3 is 0 Å². The maximum atomic E-state index is 8.35. The van der Waals surface area contributed by atoms with Crippen LogP contribution in [0.5, 0.6) is 0 Å². The van der Waals surface area contributed by atoms with Crippen LogP contribution in [0.25, 0.3) is 39.1 Å². The summed E-state index contributed by atoms with van der Waals surface area (Å²) in [6, 6.07) is 15.6. The van der Waals surface area contributed by atoms with Gasteiger partial charge in [-0.1, -0.05) is 18.2 Å². The van der Waals surface area contributed by atoms with Gasteiger partial charge in [-0.15, -0.1) is 0 Å². The number of aryl methyl sites for hydroxylation is 1. The van der Waals surface area contributed by atoms with Crippen LogP contribution in [0, 0.1) is 0 Å². The van der Waals surface area contributed by atoms with Crippen LogP contribution < -0.4 is 4.57 Å². The minimum Gasteiger partial charge on any atom is -0.261 e. The molecule has 26 heavy (non-hydrogen) atoms. The Morgan fingerprint density at radius 1 is 1.08 bits per heavy atom. The molecule has 1 aliphatic heterocycles. The van der Waals surface area contributed by atoms with Gasteiger partial charge < -0.3 is 0 Å². The molecule has 1 aliphatic rings. The number of hydrogen-bond donors (Lipinski definition) is 0. The van der Waals surface area contributed by atoms with Crippen LogP contribution in [-0.4, -0.2) is 19.1 Å². The second kappa shape index (κ2) is 4.79. The predicted octanol–water partition coefficient (Wildman–Crippen LogP) is 3.23. The normalized spacial score (nSPS) is 14.8. The van der Waals surface area contributed by atoms with Gasteiger partial charge in [0.1, 0.15) is 17.7 Å². The van der Waals surface area contributed by atoms with Crippen LogP contribution in [0.3, 0.4) is 0 Å². The van der Waals surface area contributed by atoms with Crippen molar-refractivity contribution >= 4 is 22.1 Å². The van der Waals surface area contributed by atoms with Gasteiger partial charge in [-0.25, -0.2) is 13.7 Å². The van der Waals surface area contributed by atoms with E-state index in [0.717, 1.165) is 33.4 Å². The first-order valence-electron chi connectivity index (χ1n) is 9.98. The summed E-state index contributed by atoms with van der Waals surface area (Å²) >= 11 is 0. The molecule has 0 N–H and O–H groups in total. The van der Waals surface area contributed by atoms with E-state index in [1.54, 1.807) is 18.6 Å². The van der Waals surface area contributed by atoms with Gasteiger partial charge in [0.05, 0.1) is 33.9 Å². The van der Waals surface area contributed by atoms with E-state index >= 15 is 0 Å². The molecule has 0 radical (unpaired) electrons. The summed E-state index contributed by atoms with van der Waals surface area (Å²) in [4.78, 5) is 8.79.